The van der Waals surface area contributed by atoms with Crippen molar-refractivity contribution >= 4 is 11.6 Å². The molecule has 17 heavy (non-hydrogen) atoms. The molecule has 0 saturated carbocycles. The second-order valence-electron chi connectivity index (χ2n) is 3.52. The van der Waals surface area contributed by atoms with Gasteiger partial charge in [0.1, 0.15) is 0 Å². The van der Waals surface area contributed by atoms with Crippen LogP contribution >= 0.6 is 0 Å². The Morgan fingerprint density at radius 3 is 2.76 bits per heavy atom. The maximum absolute atomic E-state index is 11.3. The third-order valence-electron chi connectivity index (χ3n) is 2.27. The molecule has 6 nitrogen and oxygen atoms in total. The van der Waals surface area contributed by atoms with Crippen LogP contribution in [0.25, 0.3) is 0 Å². The Morgan fingerprint density at radius 2 is 2.12 bits per heavy atom. The summed E-state index contributed by atoms with van der Waals surface area (Å²) in [4.78, 5) is 21.6. The van der Waals surface area contributed by atoms with Gasteiger partial charge in [0, 0.05) is 31.1 Å². The lowest BCUT2D eigenvalue weighted by Gasteiger charge is -2.05. The van der Waals surface area contributed by atoms with Crippen molar-refractivity contribution in [3.8, 4) is 0 Å². The molecule has 0 aliphatic rings. The maximum atomic E-state index is 11.3. The van der Waals surface area contributed by atoms with Crippen molar-refractivity contribution in [1.29, 1.82) is 0 Å². The minimum atomic E-state index is -0.449. The van der Waals surface area contributed by atoms with Crippen molar-refractivity contribution in [2.45, 2.75) is 13.0 Å². The number of nitro benzene ring substituents is 1. The van der Waals surface area contributed by atoms with Gasteiger partial charge in [-0.15, -0.1) is 0 Å². The van der Waals surface area contributed by atoms with Gasteiger partial charge in [0.05, 0.1) is 4.92 Å². The van der Waals surface area contributed by atoms with E-state index >= 15 is 0 Å². The van der Waals surface area contributed by atoms with E-state index < -0.39 is 4.92 Å². The van der Waals surface area contributed by atoms with Gasteiger partial charge in [-0.1, -0.05) is 18.2 Å². The smallest absolute Gasteiger partial charge is 0.274 e. The second kappa shape index (κ2) is 6.59. The predicted molar refractivity (Wildman–Crippen MR) is 63.5 cm³/mol. The van der Waals surface area contributed by atoms with Gasteiger partial charge in [0.15, 0.2) is 0 Å². The largest absolute Gasteiger partial charge is 0.352 e. The van der Waals surface area contributed by atoms with Crippen molar-refractivity contribution < 1.29 is 9.72 Å². The van der Waals surface area contributed by atoms with Crippen LogP contribution in [0.15, 0.2) is 24.3 Å². The highest BCUT2D eigenvalue weighted by Gasteiger charge is 2.12. The number of carbonyl (C=O) groups is 1. The molecule has 0 aliphatic heterocycles. The number of amides is 1. The molecule has 1 rings (SSSR count). The van der Waals surface area contributed by atoms with Gasteiger partial charge in [0.2, 0.25) is 5.91 Å². The van der Waals surface area contributed by atoms with Crippen molar-refractivity contribution in [2.24, 2.45) is 0 Å². The first-order valence-electron chi connectivity index (χ1n) is 5.28. The Bertz CT molecular complexity index is 407. The second-order valence-corrected chi connectivity index (χ2v) is 3.52. The summed E-state index contributed by atoms with van der Waals surface area (Å²) >= 11 is 0. The molecule has 0 atom stereocenters. The van der Waals surface area contributed by atoms with E-state index in [1.54, 1.807) is 25.2 Å². The standard InChI is InChI=1S/C11H15N3O3/c1-12-7-6-11(15)13-8-9-4-2-3-5-10(9)14(16)17/h2-5,12H,6-8H2,1H3,(H,13,15). The summed E-state index contributed by atoms with van der Waals surface area (Å²) in [6, 6.07) is 6.37. The summed E-state index contributed by atoms with van der Waals surface area (Å²) in [5.74, 6) is -0.127. The molecule has 0 saturated heterocycles. The third-order valence-corrected chi connectivity index (χ3v) is 2.27. The van der Waals surface area contributed by atoms with Crippen molar-refractivity contribution in [1.82, 2.24) is 10.6 Å². The molecule has 92 valence electrons. The van der Waals surface area contributed by atoms with Crippen LogP contribution in [0.1, 0.15) is 12.0 Å². The number of rotatable bonds is 6. The summed E-state index contributed by atoms with van der Waals surface area (Å²) in [7, 11) is 1.76. The highest BCUT2D eigenvalue weighted by atomic mass is 16.6. The van der Waals surface area contributed by atoms with Gasteiger partial charge in [-0.05, 0) is 7.05 Å². The molecule has 0 fully saturated rings. The van der Waals surface area contributed by atoms with Crippen LogP contribution in [0.3, 0.4) is 0 Å². The average Bonchev–Trinajstić information content (AvgIpc) is 2.34. The number of benzene rings is 1. The van der Waals surface area contributed by atoms with E-state index in [2.05, 4.69) is 10.6 Å². The van der Waals surface area contributed by atoms with E-state index in [0.29, 0.717) is 18.5 Å². The molecule has 1 aromatic rings. The van der Waals surface area contributed by atoms with E-state index in [9.17, 15) is 14.9 Å². The van der Waals surface area contributed by atoms with E-state index in [1.165, 1.54) is 6.07 Å². The van der Waals surface area contributed by atoms with Crippen LogP contribution in [0.5, 0.6) is 0 Å². The lowest BCUT2D eigenvalue weighted by atomic mass is 10.2. The van der Waals surface area contributed by atoms with Crippen LogP contribution in [0, 0.1) is 10.1 Å². The van der Waals surface area contributed by atoms with E-state index in [0.717, 1.165) is 0 Å². The monoisotopic (exact) mass is 237 g/mol. The van der Waals surface area contributed by atoms with Crippen LogP contribution in [0.2, 0.25) is 0 Å². The fourth-order valence-corrected chi connectivity index (χ4v) is 1.36. The van der Waals surface area contributed by atoms with Crippen LogP contribution in [0.4, 0.5) is 5.69 Å². The van der Waals surface area contributed by atoms with E-state index in [1.807, 2.05) is 0 Å². The number of para-hydroxylation sites is 1. The van der Waals surface area contributed by atoms with Crippen LogP contribution < -0.4 is 10.6 Å². The van der Waals surface area contributed by atoms with E-state index in [4.69, 9.17) is 0 Å². The molecule has 0 radical (unpaired) electrons. The Kier molecular flexibility index (Phi) is 5.09. The zero-order valence-electron chi connectivity index (χ0n) is 9.60. The average molecular weight is 237 g/mol. The number of nitrogens with zero attached hydrogens (tertiary/aromatic N) is 1. The van der Waals surface area contributed by atoms with Crippen molar-refractivity contribution in [2.75, 3.05) is 13.6 Å². The Morgan fingerprint density at radius 1 is 1.41 bits per heavy atom. The minimum Gasteiger partial charge on any atom is -0.352 e. The molecule has 0 spiro atoms. The highest BCUT2D eigenvalue weighted by Crippen LogP contribution is 2.16. The van der Waals surface area contributed by atoms with Crippen molar-refractivity contribution in [3.63, 3.8) is 0 Å². The zero-order valence-corrected chi connectivity index (χ0v) is 9.60. The molecular weight excluding hydrogens is 222 g/mol. The molecule has 0 aliphatic carbocycles. The van der Waals surface area contributed by atoms with Gasteiger partial charge in [-0.3, -0.25) is 14.9 Å². The van der Waals surface area contributed by atoms with Crippen LogP contribution in [-0.4, -0.2) is 24.4 Å². The lowest BCUT2D eigenvalue weighted by Crippen LogP contribution is -2.26. The topological polar surface area (TPSA) is 84.3 Å². The number of carbonyl (C=O) groups excluding carboxylic acids is 1. The molecule has 0 bridgehead atoms. The van der Waals surface area contributed by atoms with Gasteiger partial charge in [-0.2, -0.15) is 0 Å². The maximum Gasteiger partial charge on any atom is 0.274 e. The van der Waals surface area contributed by atoms with Crippen LogP contribution in [-0.2, 0) is 11.3 Å². The molecule has 1 aromatic carbocycles. The molecular formula is C11H15N3O3. The summed E-state index contributed by atoms with van der Waals surface area (Å²) in [5, 5.41) is 16.2. The van der Waals surface area contributed by atoms with Crippen molar-refractivity contribution in [3.05, 3.63) is 39.9 Å². The third kappa shape index (κ3) is 4.20. The first-order valence-corrected chi connectivity index (χ1v) is 5.28. The number of hydrogen-bond acceptors (Lipinski definition) is 4. The quantitative estimate of drug-likeness (QED) is 0.566. The summed E-state index contributed by atoms with van der Waals surface area (Å²) in [6.45, 7) is 0.766. The zero-order chi connectivity index (χ0) is 12.7. The summed E-state index contributed by atoms with van der Waals surface area (Å²) in [5.41, 5.74) is 0.539. The normalized spacial score (nSPS) is 9.94. The minimum absolute atomic E-state index is 0.0291. The van der Waals surface area contributed by atoms with Gasteiger partial charge >= 0.3 is 0 Å². The lowest BCUT2D eigenvalue weighted by molar-refractivity contribution is -0.385. The number of hydrogen-bond donors (Lipinski definition) is 2. The van der Waals surface area contributed by atoms with E-state index in [-0.39, 0.29) is 18.1 Å². The molecule has 6 heteroatoms. The fraction of sp³-hybridized carbons (Fsp3) is 0.364. The van der Waals surface area contributed by atoms with Gasteiger partial charge in [0.25, 0.3) is 5.69 Å². The molecule has 0 aromatic heterocycles. The fourth-order valence-electron chi connectivity index (χ4n) is 1.36. The first-order chi connectivity index (χ1) is 8.15. The molecule has 0 unspecified atom stereocenters. The Balaban J connectivity index is 2.57. The predicted octanol–water partition coefficient (Wildman–Crippen LogP) is 0.820. The summed E-state index contributed by atoms with van der Waals surface area (Å²) < 4.78 is 0. The highest BCUT2D eigenvalue weighted by molar-refractivity contribution is 5.76. The molecule has 0 heterocycles. The molecule has 1 amide bonds. The Hall–Kier alpha value is -1.95. The van der Waals surface area contributed by atoms with Gasteiger partial charge in [-0.25, -0.2) is 0 Å². The SMILES string of the molecule is CNCCC(=O)NCc1ccccc1[N+](=O)[O-]. The summed E-state index contributed by atoms with van der Waals surface area (Å²) in [6.07, 6.45) is 0.358. The number of nitrogens with one attached hydrogen (secondary N) is 2. The first kappa shape index (κ1) is 13.1. The van der Waals surface area contributed by atoms with Gasteiger partial charge < -0.3 is 10.6 Å². The number of nitro groups is 1. The molecule has 2 N–H and O–H groups in total. The Labute approximate surface area is 99.2 Å².